The van der Waals surface area contributed by atoms with Crippen LogP contribution in [0.25, 0.3) is 0 Å². The molecule has 1 aliphatic rings. The van der Waals surface area contributed by atoms with Crippen molar-refractivity contribution in [3.63, 3.8) is 0 Å². The number of likely N-dealkylation sites (tertiary alicyclic amines) is 1. The number of amides is 2. The van der Waals surface area contributed by atoms with Crippen molar-refractivity contribution in [1.29, 1.82) is 0 Å². The van der Waals surface area contributed by atoms with Gasteiger partial charge in [0.15, 0.2) is 5.66 Å². The summed E-state index contributed by atoms with van der Waals surface area (Å²) in [6.45, 7) is 4.16. The van der Waals surface area contributed by atoms with Gasteiger partial charge in [-0.15, -0.1) is 0 Å². The summed E-state index contributed by atoms with van der Waals surface area (Å²) in [5.74, 6) is -1.60. The van der Waals surface area contributed by atoms with Gasteiger partial charge in [-0.05, 0) is 31.1 Å². The number of nitrogens with two attached hydrogens (primary N) is 1. The Balaban J connectivity index is 2.46. The molecule has 0 aromatic heterocycles. The van der Waals surface area contributed by atoms with Crippen molar-refractivity contribution in [3.05, 3.63) is 35.9 Å². The summed E-state index contributed by atoms with van der Waals surface area (Å²) in [6, 6.07) is 9.28. The fraction of sp³-hybridized carbons (Fsp3) is 0.571. The van der Waals surface area contributed by atoms with Crippen LogP contribution in [0.4, 0.5) is 0 Å². The molecule has 1 aromatic carbocycles. The number of benzene rings is 1. The molecular weight excluding hydrogens is 390 g/mol. The van der Waals surface area contributed by atoms with Crippen molar-refractivity contribution in [1.82, 2.24) is 10.2 Å². The van der Waals surface area contributed by atoms with Gasteiger partial charge in [0.05, 0.1) is 0 Å². The minimum Gasteiger partial charge on any atom is -0.479 e. The Labute approximate surface area is 176 Å². The molecular formula is C21H31N3O4S. The van der Waals surface area contributed by atoms with E-state index < -0.39 is 23.1 Å². The number of carbonyl (C=O) groups excluding carboxylic acids is 2. The second-order valence-corrected chi connectivity index (χ2v) is 9.80. The molecule has 1 aromatic rings. The SMILES string of the molecule is CSC(C)(C)C[C@](N)(NC=O)C(=O)N1CCCC[C@]1(Cc1ccccc1)C(=O)O. The first kappa shape index (κ1) is 23.2. The molecule has 0 saturated carbocycles. The van der Waals surface area contributed by atoms with Crippen LogP contribution in [0, 0.1) is 0 Å². The number of carbonyl (C=O) groups is 3. The third-order valence-electron chi connectivity index (χ3n) is 5.68. The first-order valence-corrected chi connectivity index (χ1v) is 11.0. The van der Waals surface area contributed by atoms with Crippen LogP contribution in [0.1, 0.15) is 45.1 Å². The zero-order chi connectivity index (χ0) is 21.7. The van der Waals surface area contributed by atoms with E-state index >= 15 is 0 Å². The molecule has 4 N–H and O–H groups in total. The maximum absolute atomic E-state index is 13.6. The minimum atomic E-state index is -1.68. The number of piperidine rings is 1. The van der Waals surface area contributed by atoms with Gasteiger partial charge in [0.1, 0.15) is 5.54 Å². The highest BCUT2D eigenvalue weighted by atomic mass is 32.2. The largest absolute Gasteiger partial charge is 0.479 e. The number of thioether (sulfide) groups is 1. The number of nitrogens with one attached hydrogen (secondary N) is 1. The number of carboxylic acids is 1. The standard InChI is InChI=1S/C21H31N3O4S/c1-19(2,29-3)14-21(22,23-15-25)17(26)24-12-8-7-11-20(24,18(27)28)13-16-9-5-4-6-10-16/h4-6,9-10,15H,7-8,11-14,22H2,1-3H3,(H,23,25)(H,27,28)/t20-,21-/m0/s1. The molecule has 2 rings (SSSR count). The molecule has 29 heavy (non-hydrogen) atoms. The molecule has 0 spiro atoms. The molecule has 0 bridgehead atoms. The van der Waals surface area contributed by atoms with Crippen LogP contribution in [-0.2, 0) is 20.8 Å². The van der Waals surface area contributed by atoms with Gasteiger partial charge in [-0.1, -0.05) is 44.2 Å². The summed E-state index contributed by atoms with van der Waals surface area (Å²) in [7, 11) is 0. The molecule has 0 unspecified atom stereocenters. The third kappa shape index (κ3) is 5.11. The summed E-state index contributed by atoms with van der Waals surface area (Å²) in [5, 5.41) is 12.7. The summed E-state index contributed by atoms with van der Waals surface area (Å²) in [4.78, 5) is 38.8. The number of aliphatic carboxylic acids is 1. The molecule has 8 heteroatoms. The lowest BCUT2D eigenvalue weighted by Gasteiger charge is -2.48. The first-order chi connectivity index (χ1) is 13.6. The molecule has 0 radical (unpaired) electrons. The van der Waals surface area contributed by atoms with Crippen LogP contribution in [0.2, 0.25) is 0 Å². The Bertz CT molecular complexity index is 743. The Hall–Kier alpha value is -2.06. The fourth-order valence-electron chi connectivity index (χ4n) is 4.03. The number of hydrogen-bond acceptors (Lipinski definition) is 5. The molecule has 1 fully saturated rings. The Kier molecular flexibility index (Phi) is 7.35. The zero-order valence-corrected chi connectivity index (χ0v) is 18.1. The van der Waals surface area contributed by atoms with Gasteiger partial charge in [-0.3, -0.25) is 9.59 Å². The highest BCUT2D eigenvalue weighted by Crippen LogP contribution is 2.36. The van der Waals surface area contributed by atoms with E-state index in [1.807, 2.05) is 50.4 Å². The van der Waals surface area contributed by atoms with E-state index in [0.717, 1.165) is 5.56 Å². The lowest BCUT2D eigenvalue weighted by atomic mass is 9.80. The van der Waals surface area contributed by atoms with Crippen LogP contribution in [-0.4, -0.2) is 57.0 Å². The van der Waals surface area contributed by atoms with Gasteiger partial charge in [0.25, 0.3) is 5.91 Å². The zero-order valence-electron chi connectivity index (χ0n) is 17.3. The van der Waals surface area contributed by atoms with Gasteiger partial charge in [0.2, 0.25) is 6.41 Å². The quantitative estimate of drug-likeness (QED) is 0.415. The van der Waals surface area contributed by atoms with Crippen LogP contribution < -0.4 is 11.1 Å². The van der Waals surface area contributed by atoms with Crippen molar-refractivity contribution in [2.75, 3.05) is 12.8 Å². The van der Waals surface area contributed by atoms with E-state index in [-0.39, 0.29) is 24.1 Å². The summed E-state index contributed by atoms with van der Waals surface area (Å²) >= 11 is 1.53. The second-order valence-electron chi connectivity index (χ2n) is 8.29. The number of hydrogen-bond donors (Lipinski definition) is 3. The highest BCUT2D eigenvalue weighted by Gasteiger charge is 2.53. The molecule has 160 valence electrons. The lowest BCUT2D eigenvalue weighted by molar-refractivity contribution is -0.166. The molecule has 2 atom stereocenters. The molecule has 1 saturated heterocycles. The maximum Gasteiger partial charge on any atom is 0.329 e. The Morgan fingerprint density at radius 3 is 2.52 bits per heavy atom. The predicted molar refractivity (Wildman–Crippen MR) is 114 cm³/mol. The molecule has 2 amide bonds. The maximum atomic E-state index is 13.6. The van der Waals surface area contributed by atoms with Gasteiger partial charge >= 0.3 is 5.97 Å². The van der Waals surface area contributed by atoms with Gasteiger partial charge in [-0.2, -0.15) is 11.8 Å². The van der Waals surface area contributed by atoms with E-state index in [0.29, 0.717) is 25.7 Å². The topological polar surface area (TPSA) is 113 Å². The first-order valence-electron chi connectivity index (χ1n) is 9.75. The number of carboxylic acid groups (broad SMARTS) is 1. The van der Waals surface area contributed by atoms with Crippen molar-refractivity contribution in [3.8, 4) is 0 Å². The van der Waals surface area contributed by atoms with Crippen molar-refractivity contribution < 1.29 is 19.5 Å². The lowest BCUT2D eigenvalue weighted by Crippen LogP contribution is -2.71. The monoisotopic (exact) mass is 421 g/mol. The average Bonchev–Trinajstić information content (AvgIpc) is 2.68. The number of rotatable bonds is 9. The predicted octanol–water partition coefficient (Wildman–Crippen LogP) is 2.00. The highest BCUT2D eigenvalue weighted by molar-refractivity contribution is 7.99. The van der Waals surface area contributed by atoms with Crippen molar-refractivity contribution in [2.24, 2.45) is 5.73 Å². The van der Waals surface area contributed by atoms with Gasteiger partial charge < -0.3 is 21.1 Å². The van der Waals surface area contributed by atoms with Crippen LogP contribution in [0.15, 0.2) is 30.3 Å². The summed E-state index contributed by atoms with van der Waals surface area (Å²) in [6.07, 6.45) is 4.43. The number of nitrogens with zero attached hydrogens (tertiary/aromatic N) is 1. The third-order valence-corrected chi connectivity index (χ3v) is 6.93. The normalized spacial score (nSPS) is 21.9. The van der Waals surface area contributed by atoms with Gasteiger partial charge in [-0.25, -0.2) is 4.79 Å². The summed E-state index contributed by atoms with van der Waals surface area (Å²) < 4.78 is -0.387. The van der Waals surface area contributed by atoms with Gasteiger partial charge in [0, 0.05) is 24.1 Å². The molecule has 1 aliphatic heterocycles. The van der Waals surface area contributed by atoms with Crippen LogP contribution >= 0.6 is 11.8 Å². The Morgan fingerprint density at radius 2 is 1.97 bits per heavy atom. The molecule has 0 aliphatic carbocycles. The van der Waals surface area contributed by atoms with E-state index in [2.05, 4.69) is 5.32 Å². The van der Waals surface area contributed by atoms with Crippen molar-refractivity contribution in [2.45, 2.75) is 61.9 Å². The minimum absolute atomic E-state index is 0.177. The fourth-order valence-corrected chi connectivity index (χ4v) is 4.40. The van der Waals surface area contributed by atoms with Crippen LogP contribution in [0.5, 0.6) is 0 Å². The molecule has 7 nitrogen and oxygen atoms in total. The van der Waals surface area contributed by atoms with Crippen LogP contribution in [0.3, 0.4) is 0 Å². The Morgan fingerprint density at radius 1 is 1.31 bits per heavy atom. The van der Waals surface area contributed by atoms with Crippen molar-refractivity contribution >= 4 is 30.0 Å². The smallest absolute Gasteiger partial charge is 0.329 e. The van der Waals surface area contributed by atoms with E-state index in [1.165, 1.54) is 16.7 Å². The van der Waals surface area contributed by atoms with E-state index in [9.17, 15) is 19.5 Å². The average molecular weight is 422 g/mol. The van der Waals surface area contributed by atoms with E-state index in [1.54, 1.807) is 0 Å². The second kappa shape index (κ2) is 9.17. The van der Waals surface area contributed by atoms with E-state index in [4.69, 9.17) is 5.73 Å². The summed E-state index contributed by atoms with van der Waals surface area (Å²) in [5.41, 5.74) is 4.19. The molecule has 1 heterocycles.